The molecule has 3 atom stereocenters. The second-order valence-electron chi connectivity index (χ2n) is 9.27. The molecule has 2 unspecified atom stereocenters. The molecule has 5 nitrogen and oxygen atoms in total. The lowest BCUT2D eigenvalue weighted by Crippen LogP contribution is -2.44. The van der Waals surface area contributed by atoms with Crippen molar-refractivity contribution in [2.24, 2.45) is 5.92 Å². The molecule has 2 aliphatic rings. The van der Waals surface area contributed by atoms with Crippen molar-refractivity contribution >= 4 is 23.4 Å². The lowest BCUT2D eigenvalue weighted by molar-refractivity contribution is -0.123. The average molecular weight is 454 g/mol. The Morgan fingerprint density at radius 1 is 1.16 bits per heavy atom. The summed E-state index contributed by atoms with van der Waals surface area (Å²) in [5, 5.41) is 6.46. The quantitative estimate of drug-likeness (QED) is 0.639. The number of amides is 2. The maximum Gasteiger partial charge on any atom is 0.251 e. The van der Waals surface area contributed by atoms with Gasteiger partial charge < -0.3 is 10.6 Å². The van der Waals surface area contributed by atoms with Crippen molar-refractivity contribution in [3.63, 3.8) is 0 Å². The van der Waals surface area contributed by atoms with Crippen LogP contribution in [0, 0.1) is 5.92 Å². The van der Waals surface area contributed by atoms with Gasteiger partial charge in [0.05, 0.1) is 0 Å². The molecule has 0 spiro atoms. The van der Waals surface area contributed by atoms with E-state index in [0.29, 0.717) is 17.1 Å². The van der Waals surface area contributed by atoms with Gasteiger partial charge in [0.2, 0.25) is 5.91 Å². The largest absolute Gasteiger partial charge is 0.355 e. The second-order valence-corrected chi connectivity index (χ2v) is 9.68. The maximum atomic E-state index is 13.0. The number of benzene rings is 2. The number of carbonyl (C=O) groups is 2. The number of likely N-dealkylation sites (tertiary alicyclic amines) is 1. The molecule has 1 aliphatic heterocycles. The highest BCUT2D eigenvalue weighted by atomic mass is 35.5. The van der Waals surface area contributed by atoms with E-state index in [1.165, 1.54) is 18.4 Å². The Hall–Kier alpha value is -2.37. The van der Waals surface area contributed by atoms with Gasteiger partial charge in [-0.3, -0.25) is 14.5 Å². The van der Waals surface area contributed by atoms with Gasteiger partial charge in [-0.1, -0.05) is 54.9 Å². The summed E-state index contributed by atoms with van der Waals surface area (Å²) >= 11 is 6.52. The van der Waals surface area contributed by atoms with Crippen LogP contribution in [0.1, 0.15) is 47.7 Å². The normalized spacial score (nSPS) is 23.5. The molecule has 2 fully saturated rings. The zero-order valence-corrected chi connectivity index (χ0v) is 19.6. The SMILES string of the molecule is CNC(=O)c1ccc(C[C@@H](CNC(=O)C2CC2(C)c2ccccc2)N2CCCC2)c(Cl)c1. The van der Waals surface area contributed by atoms with Crippen LogP contribution in [0.2, 0.25) is 5.02 Å². The Morgan fingerprint density at radius 3 is 2.53 bits per heavy atom. The Bertz CT molecular complexity index is 974. The fourth-order valence-electron chi connectivity index (χ4n) is 4.92. The predicted octanol–water partition coefficient (Wildman–Crippen LogP) is 3.80. The summed E-state index contributed by atoms with van der Waals surface area (Å²) in [7, 11) is 1.61. The third kappa shape index (κ3) is 4.84. The zero-order valence-electron chi connectivity index (χ0n) is 18.9. The molecule has 1 heterocycles. The summed E-state index contributed by atoms with van der Waals surface area (Å²) in [5.41, 5.74) is 2.74. The van der Waals surface area contributed by atoms with Gasteiger partial charge in [-0.25, -0.2) is 0 Å². The molecule has 0 radical (unpaired) electrons. The molecule has 2 aromatic carbocycles. The third-order valence-corrected chi connectivity index (χ3v) is 7.51. The second kappa shape index (κ2) is 9.63. The van der Waals surface area contributed by atoms with Crippen molar-refractivity contribution < 1.29 is 9.59 Å². The number of carbonyl (C=O) groups excluding carboxylic acids is 2. The number of hydrogen-bond donors (Lipinski definition) is 2. The number of halogens is 1. The lowest BCUT2D eigenvalue weighted by Gasteiger charge is -2.28. The molecule has 0 bridgehead atoms. The average Bonchev–Trinajstić information content (AvgIpc) is 3.23. The zero-order chi connectivity index (χ0) is 22.7. The van der Waals surface area contributed by atoms with Gasteiger partial charge >= 0.3 is 0 Å². The first-order valence-electron chi connectivity index (χ1n) is 11.5. The summed E-state index contributed by atoms with van der Waals surface area (Å²) in [4.78, 5) is 27.3. The van der Waals surface area contributed by atoms with E-state index in [9.17, 15) is 9.59 Å². The van der Waals surface area contributed by atoms with Crippen molar-refractivity contribution in [1.29, 1.82) is 0 Å². The molecule has 2 N–H and O–H groups in total. The molecule has 1 aliphatic carbocycles. The van der Waals surface area contributed by atoms with Crippen molar-refractivity contribution in [2.75, 3.05) is 26.7 Å². The van der Waals surface area contributed by atoms with Gasteiger partial charge in [-0.2, -0.15) is 0 Å². The fraction of sp³-hybridized carbons (Fsp3) is 0.462. The molecule has 2 aromatic rings. The number of nitrogens with one attached hydrogen (secondary N) is 2. The highest BCUT2D eigenvalue weighted by Gasteiger charge is 2.55. The molecule has 32 heavy (non-hydrogen) atoms. The molecular weight excluding hydrogens is 422 g/mol. The molecule has 0 aromatic heterocycles. The van der Waals surface area contributed by atoms with Crippen LogP contribution in [-0.2, 0) is 16.6 Å². The summed E-state index contributed by atoms with van der Waals surface area (Å²) in [6, 6.07) is 16.0. The molecule has 6 heteroatoms. The van der Waals surface area contributed by atoms with Gasteiger partial charge in [0.25, 0.3) is 5.91 Å². The van der Waals surface area contributed by atoms with Gasteiger partial charge in [-0.05, 0) is 62.0 Å². The summed E-state index contributed by atoms with van der Waals surface area (Å²) in [6.07, 6.45) is 4.00. The fourth-order valence-corrected chi connectivity index (χ4v) is 5.17. The number of nitrogens with zero attached hydrogens (tertiary/aromatic N) is 1. The van der Waals surface area contributed by atoms with Crippen LogP contribution in [-0.4, -0.2) is 49.4 Å². The minimum Gasteiger partial charge on any atom is -0.355 e. The maximum absolute atomic E-state index is 13.0. The first-order chi connectivity index (χ1) is 15.4. The standard InChI is InChI=1S/C26H32ClN3O2/c1-26(20-8-4-3-5-9-20)16-22(26)25(32)29-17-21(30-12-6-7-13-30)14-18-10-11-19(15-23(18)27)24(31)28-2/h3-5,8-11,15,21-22H,6-7,12-14,16-17H2,1-2H3,(H,28,31)(H,29,32)/t21-,22?,26?/m0/s1. The number of rotatable bonds is 8. The van der Waals surface area contributed by atoms with Crippen LogP contribution < -0.4 is 10.6 Å². The molecule has 1 saturated carbocycles. The Kier molecular flexibility index (Phi) is 6.87. The van der Waals surface area contributed by atoms with E-state index in [1.807, 2.05) is 30.3 Å². The van der Waals surface area contributed by atoms with Gasteiger partial charge in [0, 0.05) is 41.6 Å². The van der Waals surface area contributed by atoms with Gasteiger partial charge in [-0.15, -0.1) is 0 Å². The smallest absolute Gasteiger partial charge is 0.251 e. The van der Waals surface area contributed by atoms with Crippen LogP contribution in [0.5, 0.6) is 0 Å². The van der Waals surface area contributed by atoms with Crippen LogP contribution in [0.3, 0.4) is 0 Å². The van der Waals surface area contributed by atoms with E-state index in [-0.39, 0.29) is 29.2 Å². The summed E-state index contributed by atoms with van der Waals surface area (Å²) < 4.78 is 0. The van der Waals surface area contributed by atoms with Crippen LogP contribution in [0.15, 0.2) is 48.5 Å². The van der Waals surface area contributed by atoms with Crippen LogP contribution in [0.4, 0.5) is 0 Å². The van der Waals surface area contributed by atoms with Crippen molar-refractivity contribution in [1.82, 2.24) is 15.5 Å². The predicted molar refractivity (Wildman–Crippen MR) is 128 cm³/mol. The summed E-state index contributed by atoms with van der Waals surface area (Å²) in [5.74, 6) is 0.0221. The number of hydrogen-bond acceptors (Lipinski definition) is 3. The van der Waals surface area contributed by atoms with Crippen LogP contribution in [0.25, 0.3) is 0 Å². The van der Waals surface area contributed by atoms with E-state index < -0.39 is 0 Å². The minimum absolute atomic E-state index is 0.0274. The first-order valence-corrected chi connectivity index (χ1v) is 11.9. The Labute approximate surface area is 195 Å². The lowest BCUT2D eigenvalue weighted by atomic mass is 9.95. The van der Waals surface area contributed by atoms with Crippen molar-refractivity contribution in [3.8, 4) is 0 Å². The van der Waals surface area contributed by atoms with E-state index in [4.69, 9.17) is 11.6 Å². The van der Waals surface area contributed by atoms with E-state index in [2.05, 4.69) is 34.6 Å². The molecule has 170 valence electrons. The molecule has 1 saturated heterocycles. The van der Waals surface area contributed by atoms with Gasteiger partial charge in [0.15, 0.2) is 0 Å². The molecule has 2 amide bonds. The summed E-state index contributed by atoms with van der Waals surface area (Å²) in [6.45, 7) is 4.87. The first kappa shape index (κ1) is 22.8. The monoisotopic (exact) mass is 453 g/mol. The third-order valence-electron chi connectivity index (χ3n) is 7.15. The molecule has 4 rings (SSSR count). The van der Waals surface area contributed by atoms with Gasteiger partial charge in [0.1, 0.15) is 0 Å². The highest BCUT2D eigenvalue weighted by Crippen LogP contribution is 2.53. The topological polar surface area (TPSA) is 61.4 Å². The molecular formula is C26H32ClN3O2. The minimum atomic E-state index is -0.146. The van der Waals surface area contributed by atoms with E-state index in [1.54, 1.807) is 13.1 Å². The Morgan fingerprint density at radius 2 is 1.88 bits per heavy atom. The van der Waals surface area contributed by atoms with E-state index >= 15 is 0 Å². The van der Waals surface area contributed by atoms with Crippen molar-refractivity contribution in [2.45, 2.75) is 44.1 Å². The Balaban J connectivity index is 1.41. The van der Waals surface area contributed by atoms with Crippen LogP contribution >= 0.6 is 11.6 Å². The van der Waals surface area contributed by atoms with Crippen molar-refractivity contribution in [3.05, 3.63) is 70.2 Å². The van der Waals surface area contributed by atoms with E-state index in [0.717, 1.165) is 31.5 Å². The highest BCUT2D eigenvalue weighted by molar-refractivity contribution is 6.31.